The molecule has 0 bridgehead atoms. The summed E-state index contributed by atoms with van der Waals surface area (Å²) in [6.07, 6.45) is 3.77. The van der Waals surface area contributed by atoms with Gasteiger partial charge in [-0.05, 0) is 51.0 Å². The van der Waals surface area contributed by atoms with Crippen molar-refractivity contribution in [2.24, 2.45) is 4.99 Å². The molecule has 7 heteroatoms. The molecule has 0 saturated heterocycles. The summed E-state index contributed by atoms with van der Waals surface area (Å²) in [4.78, 5) is 20.8. The van der Waals surface area contributed by atoms with Crippen LogP contribution in [0, 0.1) is 13.8 Å². The largest absolute Gasteiger partial charge is 0.487 e. The van der Waals surface area contributed by atoms with Crippen LogP contribution in [-0.4, -0.2) is 34.3 Å². The lowest BCUT2D eigenvalue weighted by atomic mass is 10.1. The summed E-state index contributed by atoms with van der Waals surface area (Å²) in [5, 5.41) is 0. The van der Waals surface area contributed by atoms with Crippen molar-refractivity contribution in [2.45, 2.75) is 33.3 Å². The van der Waals surface area contributed by atoms with Crippen LogP contribution in [0.2, 0.25) is 0 Å². The van der Waals surface area contributed by atoms with Gasteiger partial charge in [-0.2, -0.15) is 0 Å². The molecule has 0 atom stereocenters. The minimum Gasteiger partial charge on any atom is -0.487 e. The van der Waals surface area contributed by atoms with Crippen molar-refractivity contribution in [1.82, 2.24) is 15.0 Å². The maximum absolute atomic E-state index is 6.05. The zero-order valence-electron chi connectivity index (χ0n) is 19.7. The van der Waals surface area contributed by atoms with Gasteiger partial charge in [0.25, 0.3) is 0 Å². The quantitative estimate of drug-likeness (QED) is 0.387. The summed E-state index contributed by atoms with van der Waals surface area (Å²) < 4.78 is 11.9. The first-order valence-corrected chi connectivity index (χ1v) is 11.4. The number of hydrogen-bond donors (Lipinski definition) is 0. The number of benzene rings is 2. The van der Waals surface area contributed by atoms with E-state index in [0.29, 0.717) is 12.5 Å². The molecule has 0 saturated carbocycles. The molecule has 5 rings (SSSR count). The molecule has 1 aliphatic heterocycles. The highest BCUT2D eigenvalue weighted by molar-refractivity contribution is 6.06. The van der Waals surface area contributed by atoms with Gasteiger partial charge in [-0.15, -0.1) is 0 Å². The Bertz CT molecular complexity index is 1330. The number of hydrogen-bond acceptors (Lipinski definition) is 7. The second kappa shape index (κ2) is 9.47. The normalized spacial score (nSPS) is 14.7. The van der Waals surface area contributed by atoms with E-state index in [2.05, 4.69) is 26.9 Å². The Morgan fingerprint density at radius 2 is 1.91 bits per heavy atom. The molecule has 0 unspecified atom stereocenters. The van der Waals surface area contributed by atoms with Gasteiger partial charge in [-0.25, -0.2) is 15.0 Å². The first kappa shape index (κ1) is 21.8. The molecular weight excluding hydrogens is 426 g/mol. The van der Waals surface area contributed by atoms with Crippen LogP contribution in [-0.2, 0) is 6.61 Å². The van der Waals surface area contributed by atoms with Gasteiger partial charge in [-0.3, -0.25) is 4.99 Å². The van der Waals surface area contributed by atoms with E-state index in [-0.39, 0.29) is 0 Å². The predicted octanol–water partition coefficient (Wildman–Crippen LogP) is 5.68. The monoisotopic (exact) mass is 453 g/mol. The van der Waals surface area contributed by atoms with Crippen LogP contribution in [0.15, 0.2) is 70.2 Å². The molecule has 0 amide bonds. The zero-order valence-corrected chi connectivity index (χ0v) is 19.7. The van der Waals surface area contributed by atoms with Crippen molar-refractivity contribution in [3.05, 3.63) is 83.6 Å². The topological polar surface area (TPSA) is 76.6 Å². The summed E-state index contributed by atoms with van der Waals surface area (Å²) in [6.45, 7) is 5.08. The fourth-order valence-corrected chi connectivity index (χ4v) is 4.01. The number of aromatic nitrogens is 3. The number of aliphatic imine (C=N–C) groups is 1. The van der Waals surface area contributed by atoms with E-state index >= 15 is 0 Å². The Hall–Kier alpha value is -4.00. The summed E-state index contributed by atoms with van der Waals surface area (Å²) in [7, 11) is 2.07. The molecule has 0 fully saturated rings. The first-order chi connectivity index (χ1) is 16.6. The van der Waals surface area contributed by atoms with Gasteiger partial charge in [0.15, 0.2) is 0 Å². The molecule has 2 aromatic carbocycles. The fraction of sp³-hybridized carbons (Fsp3) is 0.259. The lowest BCUT2D eigenvalue weighted by Gasteiger charge is -2.17. The molecule has 2 aromatic heterocycles. The zero-order chi connectivity index (χ0) is 23.5. The Kier molecular flexibility index (Phi) is 6.08. The van der Waals surface area contributed by atoms with Crippen LogP contribution in [0.5, 0.6) is 5.75 Å². The Balaban J connectivity index is 1.35. The average Bonchev–Trinajstić information content (AvgIpc) is 3.16. The van der Waals surface area contributed by atoms with Gasteiger partial charge < -0.3 is 14.1 Å². The van der Waals surface area contributed by atoms with E-state index in [1.165, 1.54) is 0 Å². The molecule has 7 nitrogen and oxygen atoms in total. The van der Waals surface area contributed by atoms with Crippen molar-refractivity contribution < 1.29 is 9.15 Å². The van der Waals surface area contributed by atoms with Crippen molar-refractivity contribution >= 4 is 17.2 Å². The van der Waals surface area contributed by atoms with Crippen LogP contribution in [0.1, 0.15) is 35.7 Å². The minimum atomic E-state index is 0.322. The Labute approximate surface area is 199 Å². The molecule has 4 aromatic rings. The van der Waals surface area contributed by atoms with E-state index in [1.807, 2.05) is 74.6 Å². The highest BCUT2D eigenvalue weighted by Crippen LogP contribution is 2.28. The highest BCUT2D eigenvalue weighted by Gasteiger charge is 2.19. The third-order valence-corrected chi connectivity index (χ3v) is 5.84. The van der Waals surface area contributed by atoms with Crippen molar-refractivity contribution in [3.8, 4) is 17.2 Å². The number of fused-ring (bicyclic) bond motifs is 1. The number of nitrogens with zero attached hydrogens (tertiary/aromatic N) is 5. The minimum absolute atomic E-state index is 0.322. The summed E-state index contributed by atoms with van der Waals surface area (Å²) in [5.41, 5.74) is 4.55. The number of oxazole rings is 1. The van der Waals surface area contributed by atoms with Crippen LogP contribution < -0.4 is 9.64 Å². The van der Waals surface area contributed by atoms with Gasteiger partial charge in [0, 0.05) is 31.4 Å². The molecule has 172 valence electrons. The Morgan fingerprint density at radius 3 is 2.76 bits per heavy atom. The molecule has 0 N–H and O–H groups in total. The summed E-state index contributed by atoms with van der Waals surface area (Å²) in [6, 6.07) is 17.7. The third-order valence-electron chi connectivity index (χ3n) is 5.84. The maximum atomic E-state index is 6.05. The maximum Gasteiger partial charge on any atom is 0.226 e. The second-order valence-electron chi connectivity index (χ2n) is 8.41. The smallest absolute Gasteiger partial charge is 0.226 e. The van der Waals surface area contributed by atoms with Gasteiger partial charge in [0.05, 0.1) is 17.0 Å². The van der Waals surface area contributed by atoms with Gasteiger partial charge in [-0.1, -0.05) is 24.3 Å². The van der Waals surface area contributed by atoms with E-state index in [0.717, 1.165) is 70.8 Å². The summed E-state index contributed by atoms with van der Waals surface area (Å²) in [5.74, 6) is 3.79. The second-order valence-corrected chi connectivity index (χ2v) is 8.41. The first-order valence-electron chi connectivity index (χ1n) is 11.4. The molecule has 34 heavy (non-hydrogen) atoms. The molecule has 0 spiro atoms. The molecule has 1 aliphatic rings. The number of aryl methyl sites for hydroxylation is 2. The van der Waals surface area contributed by atoms with Gasteiger partial charge in [0.2, 0.25) is 5.89 Å². The van der Waals surface area contributed by atoms with Gasteiger partial charge >= 0.3 is 0 Å². The third kappa shape index (κ3) is 4.69. The predicted molar refractivity (Wildman–Crippen MR) is 133 cm³/mol. The van der Waals surface area contributed by atoms with Crippen LogP contribution >= 0.6 is 0 Å². The molecule has 0 aliphatic carbocycles. The number of ether oxygens (including phenoxy) is 1. The average molecular weight is 454 g/mol. The van der Waals surface area contributed by atoms with Crippen molar-refractivity contribution in [1.29, 1.82) is 0 Å². The summed E-state index contributed by atoms with van der Waals surface area (Å²) >= 11 is 0. The van der Waals surface area contributed by atoms with Crippen molar-refractivity contribution in [3.63, 3.8) is 0 Å². The van der Waals surface area contributed by atoms with Crippen LogP contribution in [0.25, 0.3) is 11.5 Å². The number of anilines is 1. The molecule has 0 radical (unpaired) electrons. The van der Waals surface area contributed by atoms with E-state index in [1.54, 1.807) is 0 Å². The molecule has 3 heterocycles. The lowest BCUT2D eigenvalue weighted by molar-refractivity contribution is 0.299. The van der Waals surface area contributed by atoms with Gasteiger partial charge in [0.1, 0.15) is 35.5 Å². The van der Waals surface area contributed by atoms with E-state index in [9.17, 15) is 0 Å². The van der Waals surface area contributed by atoms with Crippen LogP contribution in [0.3, 0.4) is 0 Å². The Morgan fingerprint density at radius 1 is 1.06 bits per heavy atom. The van der Waals surface area contributed by atoms with E-state index < -0.39 is 0 Å². The molecular formula is C27H27N5O2. The lowest BCUT2D eigenvalue weighted by Crippen LogP contribution is -2.19. The SMILES string of the molecule is Cc1ncc2c(n1)N(C)CCCC2=Nc1cccc(OCc2nc(-c3ccccc3)oc2C)c1. The fourth-order valence-electron chi connectivity index (χ4n) is 4.01. The highest BCUT2D eigenvalue weighted by atomic mass is 16.5. The van der Waals surface area contributed by atoms with Crippen molar-refractivity contribution in [2.75, 3.05) is 18.5 Å². The van der Waals surface area contributed by atoms with E-state index in [4.69, 9.17) is 14.1 Å². The standard InChI is InChI=1S/C27H27N5O2/c1-18-25(31-27(34-18)20-9-5-4-6-10-20)17-33-22-12-7-11-21(15-22)30-24-13-8-14-32(3)26-23(24)16-28-19(2)29-26/h4-7,9-12,15-16H,8,13-14,17H2,1-3H3. The number of rotatable bonds is 5. The van der Waals surface area contributed by atoms with Crippen LogP contribution in [0.4, 0.5) is 11.5 Å².